The number of amides is 1. The highest BCUT2D eigenvalue weighted by Gasteiger charge is 2.31. The largest absolute Gasteiger partial charge is 0.444 e. The third-order valence-corrected chi connectivity index (χ3v) is 6.66. The number of hydrogen-bond acceptors (Lipinski definition) is 7. The first-order chi connectivity index (χ1) is 17.8. The van der Waals surface area contributed by atoms with E-state index in [0.29, 0.717) is 16.9 Å². The van der Waals surface area contributed by atoms with Crippen LogP contribution in [0.1, 0.15) is 57.7 Å². The maximum atomic E-state index is 13.2. The number of nitrogens with one attached hydrogen (secondary N) is 1. The molecule has 11 heteroatoms. The van der Waals surface area contributed by atoms with E-state index >= 15 is 0 Å². The van der Waals surface area contributed by atoms with E-state index in [1.54, 1.807) is 24.9 Å². The second-order valence-corrected chi connectivity index (χ2v) is 10.6. The number of halogens is 3. The topological polar surface area (TPSA) is 83.5 Å². The van der Waals surface area contributed by atoms with Crippen LogP contribution >= 0.6 is 0 Å². The van der Waals surface area contributed by atoms with Gasteiger partial charge < -0.3 is 19.9 Å². The van der Waals surface area contributed by atoms with Gasteiger partial charge >= 0.3 is 12.3 Å². The number of anilines is 2. The second kappa shape index (κ2) is 10.6. The Morgan fingerprint density at radius 1 is 1.11 bits per heavy atom. The summed E-state index contributed by atoms with van der Waals surface area (Å²) in [6, 6.07) is 10.7. The van der Waals surface area contributed by atoms with Crippen LogP contribution in [0.25, 0.3) is 10.9 Å². The van der Waals surface area contributed by atoms with Crippen molar-refractivity contribution in [1.29, 1.82) is 0 Å². The fourth-order valence-electron chi connectivity index (χ4n) is 4.54. The zero-order valence-electron chi connectivity index (χ0n) is 22.2. The molecule has 1 fully saturated rings. The summed E-state index contributed by atoms with van der Waals surface area (Å²) in [7, 11) is 1.78. The predicted octanol–water partition coefficient (Wildman–Crippen LogP) is 6.05. The van der Waals surface area contributed by atoms with E-state index in [4.69, 9.17) is 4.74 Å². The number of benzene rings is 2. The second-order valence-electron chi connectivity index (χ2n) is 10.6. The van der Waals surface area contributed by atoms with Gasteiger partial charge in [0, 0.05) is 37.3 Å². The highest BCUT2D eigenvalue weighted by Crippen LogP contribution is 2.33. The lowest BCUT2D eigenvalue weighted by molar-refractivity contribution is -0.137. The van der Waals surface area contributed by atoms with E-state index in [1.807, 2.05) is 39.0 Å². The molecule has 1 saturated heterocycles. The van der Waals surface area contributed by atoms with Gasteiger partial charge in [-0.05, 0) is 81.6 Å². The standard InChI is InChI=1S/C27H33F3N6O2/c1-17(18-7-6-8-19(15-18)27(28,29)30)31-24-22-16-21(9-10-23(22)32-34-33-24)36-13-11-20(12-14-36)35(5)25(37)38-26(2,3)4/h6-10,15-17,20H,11-14H2,1-5H3,(H,31,32,33)/t17-/m1/s1. The first-order valence-electron chi connectivity index (χ1n) is 12.6. The van der Waals surface area contributed by atoms with Crippen molar-refractivity contribution in [3.05, 3.63) is 53.6 Å². The molecule has 0 unspecified atom stereocenters. The van der Waals surface area contributed by atoms with Crippen LogP contribution in [0.4, 0.5) is 29.5 Å². The Balaban J connectivity index is 1.48. The summed E-state index contributed by atoms with van der Waals surface area (Å²) in [4.78, 5) is 16.4. The van der Waals surface area contributed by atoms with Crippen LogP contribution in [0.2, 0.25) is 0 Å². The predicted molar refractivity (Wildman–Crippen MR) is 140 cm³/mol. The molecule has 1 aliphatic rings. The number of carbonyl (C=O) groups is 1. The third kappa shape index (κ3) is 6.43. The molecular formula is C27H33F3N6O2. The molecule has 0 aliphatic carbocycles. The van der Waals surface area contributed by atoms with Crippen LogP contribution in [0, 0.1) is 0 Å². The molecule has 2 heterocycles. The van der Waals surface area contributed by atoms with Crippen molar-refractivity contribution in [2.45, 2.75) is 64.4 Å². The van der Waals surface area contributed by atoms with Crippen LogP contribution in [0.5, 0.6) is 0 Å². The minimum Gasteiger partial charge on any atom is -0.444 e. The van der Waals surface area contributed by atoms with E-state index in [-0.39, 0.29) is 12.1 Å². The fraction of sp³-hybridized carbons (Fsp3) is 0.481. The molecule has 3 aromatic rings. The van der Waals surface area contributed by atoms with E-state index in [9.17, 15) is 18.0 Å². The molecule has 204 valence electrons. The first-order valence-corrected chi connectivity index (χ1v) is 12.6. The Morgan fingerprint density at radius 3 is 2.47 bits per heavy atom. The van der Waals surface area contributed by atoms with Gasteiger partial charge in [0.2, 0.25) is 0 Å². The Morgan fingerprint density at radius 2 is 1.82 bits per heavy atom. The van der Waals surface area contributed by atoms with Gasteiger partial charge in [-0.2, -0.15) is 13.2 Å². The first kappa shape index (κ1) is 27.4. The molecule has 1 aromatic heterocycles. The van der Waals surface area contributed by atoms with E-state index < -0.39 is 23.4 Å². The van der Waals surface area contributed by atoms with Crippen molar-refractivity contribution in [2.75, 3.05) is 30.4 Å². The van der Waals surface area contributed by atoms with Crippen LogP contribution in [0.15, 0.2) is 42.5 Å². The van der Waals surface area contributed by atoms with Crippen molar-refractivity contribution in [3.63, 3.8) is 0 Å². The number of ether oxygens (including phenoxy) is 1. The summed E-state index contributed by atoms with van der Waals surface area (Å²) in [6.45, 7) is 8.83. The van der Waals surface area contributed by atoms with Gasteiger partial charge in [0.05, 0.1) is 17.1 Å². The monoisotopic (exact) mass is 530 g/mol. The molecule has 2 aromatic carbocycles. The Bertz CT molecular complexity index is 1290. The fourth-order valence-corrected chi connectivity index (χ4v) is 4.54. The van der Waals surface area contributed by atoms with Crippen molar-refractivity contribution >= 4 is 28.5 Å². The molecule has 8 nitrogen and oxygen atoms in total. The number of nitrogens with zero attached hydrogens (tertiary/aromatic N) is 5. The molecule has 4 rings (SSSR count). The number of aromatic nitrogens is 3. The number of alkyl halides is 3. The molecule has 1 N–H and O–H groups in total. The molecular weight excluding hydrogens is 497 g/mol. The number of carbonyl (C=O) groups excluding carboxylic acids is 1. The molecule has 1 atom stereocenters. The smallest absolute Gasteiger partial charge is 0.416 e. The van der Waals surface area contributed by atoms with Crippen LogP contribution in [-0.4, -0.2) is 58.2 Å². The summed E-state index contributed by atoms with van der Waals surface area (Å²) < 4.78 is 45.0. The van der Waals surface area contributed by atoms with Crippen LogP contribution in [0.3, 0.4) is 0 Å². The molecule has 0 radical (unpaired) electrons. The number of rotatable bonds is 5. The summed E-state index contributed by atoms with van der Waals surface area (Å²) in [5, 5.41) is 16.0. The van der Waals surface area contributed by atoms with Gasteiger partial charge in [-0.15, -0.1) is 10.2 Å². The normalized spacial score (nSPS) is 15.8. The number of hydrogen-bond donors (Lipinski definition) is 1. The van der Waals surface area contributed by atoms with E-state index in [0.717, 1.165) is 49.1 Å². The zero-order chi connectivity index (χ0) is 27.7. The number of piperidine rings is 1. The molecule has 1 amide bonds. The minimum atomic E-state index is -4.41. The molecule has 38 heavy (non-hydrogen) atoms. The molecule has 0 spiro atoms. The molecule has 1 aliphatic heterocycles. The summed E-state index contributed by atoms with van der Waals surface area (Å²) in [6.07, 6.45) is -3.16. The summed E-state index contributed by atoms with van der Waals surface area (Å²) in [5.74, 6) is 0.446. The Labute approximate surface area is 220 Å². The van der Waals surface area contributed by atoms with Gasteiger partial charge in [-0.1, -0.05) is 12.1 Å². The quantitative estimate of drug-likeness (QED) is 0.430. The van der Waals surface area contributed by atoms with Crippen LogP contribution in [-0.2, 0) is 10.9 Å². The zero-order valence-corrected chi connectivity index (χ0v) is 22.2. The van der Waals surface area contributed by atoms with Crippen molar-refractivity contribution in [3.8, 4) is 0 Å². The van der Waals surface area contributed by atoms with Gasteiger partial charge in [-0.25, -0.2) is 4.79 Å². The van der Waals surface area contributed by atoms with E-state index in [2.05, 4.69) is 25.6 Å². The lowest BCUT2D eigenvalue weighted by atomic mass is 10.0. The molecule has 0 saturated carbocycles. The third-order valence-electron chi connectivity index (χ3n) is 6.66. The summed E-state index contributed by atoms with van der Waals surface area (Å²) in [5.41, 5.74) is 0.844. The maximum Gasteiger partial charge on any atom is 0.416 e. The Kier molecular flexibility index (Phi) is 7.66. The van der Waals surface area contributed by atoms with Crippen molar-refractivity contribution < 1.29 is 22.7 Å². The highest BCUT2D eigenvalue weighted by molar-refractivity contribution is 5.91. The average Bonchev–Trinajstić information content (AvgIpc) is 2.87. The van der Waals surface area contributed by atoms with Gasteiger partial charge in [-0.3, -0.25) is 0 Å². The highest BCUT2D eigenvalue weighted by atomic mass is 19.4. The summed E-state index contributed by atoms with van der Waals surface area (Å²) >= 11 is 0. The lowest BCUT2D eigenvalue weighted by Gasteiger charge is -2.38. The van der Waals surface area contributed by atoms with Crippen molar-refractivity contribution in [2.24, 2.45) is 0 Å². The average molecular weight is 531 g/mol. The van der Waals surface area contributed by atoms with Gasteiger partial charge in [0.1, 0.15) is 5.60 Å². The Hall–Kier alpha value is -3.63. The molecule has 0 bridgehead atoms. The minimum absolute atomic E-state index is 0.0830. The lowest BCUT2D eigenvalue weighted by Crippen LogP contribution is -2.47. The van der Waals surface area contributed by atoms with Crippen molar-refractivity contribution in [1.82, 2.24) is 20.3 Å². The number of fused-ring (bicyclic) bond motifs is 1. The van der Waals surface area contributed by atoms with Crippen LogP contribution < -0.4 is 10.2 Å². The maximum absolute atomic E-state index is 13.2. The van der Waals surface area contributed by atoms with Gasteiger partial charge in [0.15, 0.2) is 5.82 Å². The SMILES string of the molecule is C[C@@H](Nc1nnnc2ccc(N3CCC(N(C)C(=O)OC(C)(C)C)CC3)cc12)c1cccc(C(F)(F)F)c1. The van der Waals surface area contributed by atoms with E-state index in [1.165, 1.54) is 6.07 Å². The van der Waals surface area contributed by atoms with Gasteiger partial charge in [0.25, 0.3) is 0 Å².